The molecule has 0 aromatic carbocycles. The van der Waals surface area contributed by atoms with Crippen LogP contribution in [0.3, 0.4) is 0 Å². The standard InChI is InChI=1S/C18H33NO2/c1-17(2)14-7-8-18(17,3)16(11-14)21-13-15(20)12-19-9-5-4-6-10-19/h14-16,20H,4-13H2,1-3H3/t14-,15-,16-,18-/m1/s1. The Balaban J connectivity index is 1.47. The van der Waals surface area contributed by atoms with Crippen molar-refractivity contribution in [2.45, 2.75) is 71.5 Å². The molecule has 0 amide bonds. The van der Waals surface area contributed by atoms with Crippen LogP contribution in [-0.4, -0.2) is 48.5 Å². The number of β-amino-alcohol motifs (C(OH)–C–C–N with tert-alkyl or cyclic N) is 1. The molecule has 21 heavy (non-hydrogen) atoms. The fraction of sp³-hybridized carbons (Fsp3) is 1.00. The lowest BCUT2D eigenvalue weighted by atomic mass is 9.70. The van der Waals surface area contributed by atoms with Gasteiger partial charge in [-0.15, -0.1) is 0 Å². The first kappa shape index (κ1) is 15.8. The van der Waals surface area contributed by atoms with Crippen LogP contribution >= 0.6 is 0 Å². The van der Waals surface area contributed by atoms with Crippen LogP contribution in [0.4, 0.5) is 0 Å². The second kappa shape index (κ2) is 5.82. The Morgan fingerprint density at radius 1 is 1.19 bits per heavy atom. The first-order valence-electron chi connectivity index (χ1n) is 8.95. The van der Waals surface area contributed by atoms with E-state index in [0.717, 1.165) is 25.6 Å². The summed E-state index contributed by atoms with van der Waals surface area (Å²) in [5.74, 6) is 0.812. The number of likely N-dealkylation sites (tertiary alicyclic amines) is 1. The minimum Gasteiger partial charge on any atom is -0.389 e. The zero-order chi connectivity index (χ0) is 15.1. The van der Waals surface area contributed by atoms with E-state index in [1.807, 2.05) is 0 Å². The molecule has 0 aromatic heterocycles. The minimum absolute atomic E-state index is 0.308. The summed E-state index contributed by atoms with van der Waals surface area (Å²) in [6.07, 6.45) is 7.78. The van der Waals surface area contributed by atoms with Gasteiger partial charge in [0, 0.05) is 6.54 Å². The zero-order valence-corrected chi connectivity index (χ0v) is 14.1. The molecule has 0 radical (unpaired) electrons. The first-order valence-corrected chi connectivity index (χ1v) is 8.95. The van der Waals surface area contributed by atoms with E-state index in [2.05, 4.69) is 25.7 Å². The normalized spacial score (nSPS) is 40.6. The van der Waals surface area contributed by atoms with Crippen molar-refractivity contribution in [3.8, 4) is 0 Å². The smallest absolute Gasteiger partial charge is 0.0900 e. The molecule has 0 spiro atoms. The fourth-order valence-electron chi connectivity index (χ4n) is 5.10. The molecule has 0 unspecified atom stereocenters. The number of ether oxygens (including phenoxy) is 1. The maximum absolute atomic E-state index is 10.3. The molecule has 2 bridgehead atoms. The highest BCUT2D eigenvalue weighted by Gasteiger charge is 2.61. The van der Waals surface area contributed by atoms with Gasteiger partial charge in [0.05, 0.1) is 18.8 Å². The Bertz CT molecular complexity index is 364. The third-order valence-corrected chi connectivity index (χ3v) is 7.12. The van der Waals surface area contributed by atoms with E-state index in [1.54, 1.807) is 0 Å². The molecule has 4 atom stereocenters. The van der Waals surface area contributed by atoms with Gasteiger partial charge in [0.15, 0.2) is 0 Å². The van der Waals surface area contributed by atoms with Gasteiger partial charge in [-0.1, -0.05) is 27.2 Å². The molecule has 1 heterocycles. The lowest BCUT2D eigenvalue weighted by Crippen LogP contribution is -2.41. The van der Waals surface area contributed by atoms with Crippen molar-refractivity contribution >= 4 is 0 Å². The van der Waals surface area contributed by atoms with Gasteiger partial charge in [0.1, 0.15) is 0 Å². The maximum Gasteiger partial charge on any atom is 0.0900 e. The number of rotatable bonds is 5. The molecule has 122 valence electrons. The molecule has 3 rings (SSSR count). The summed E-state index contributed by atoms with van der Waals surface area (Å²) in [6, 6.07) is 0. The summed E-state index contributed by atoms with van der Waals surface area (Å²) in [5, 5.41) is 10.3. The average molecular weight is 295 g/mol. The summed E-state index contributed by atoms with van der Waals surface area (Å²) < 4.78 is 6.20. The van der Waals surface area contributed by atoms with Crippen molar-refractivity contribution in [1.82, 2.24) is 4.90 Å². The molecule has 2 aliphatic carbocycles. The van der Waals surface area contributed by atoms with E-state index in [1.165, 1.54) is 38.5 Å². The SMILES string of the molecule is CC1(C)[C@@H]2CC[C@]1(C)[C@H](OC[C@H](O)CN1CCCCC1)C2. The monoisotopic (exact) mass is 295 g/mol. The first-order chi connectivity index (χ1) is 9.93. The second-order valence-corrected chi connectivity index (χ2v) is 8.45. The fourth-order valence-corrected chi connectivity index (χ4v) is 5.10. The van der Waals surface area contributed by atoms with Gasteiger partial charge in [-0.3, -0.25) is 0 Å². The Hall–Kier alpha value is -0.120. The van der Waals surface area contributed by atoms with E-state index in [4.69, 9.17) is 4.74 Å². The third kappa shape index (κ3) is 2.77. The Labute approximate surface area is 130 Å². The number of hydrogen-bond donors (Lipinski definition) is 1. The van der Waals surface area contributed by atoms with Crippen molar-refractivity contribution in [1.29, 1.82) is 0 Å². The summed E-state index contributed by atoms with van der Waals surface area (Å²) in [7, 11) is 0. The van der Waals surface area contributed by atoms with E-state index in [9.17, 15) is 5.11 Å². The summed E-state index contributed by atoms with van der Waals surface area (Å²) in [6.45, 7) is 10.8. The van der Waals surface area contributed by atoms with Crippen LogP contribution in [0, 0.1) is 16.7 Å². The van der Waals surface area contributed by atoms with Crippen LogP contribution in [0.1, 0.15) is 59.3 Å². The van der Waals surface area contributed by atoms with Crippen LogP contribution in [-0.2, 0) is 4.74 Å². The summed E-state index contributed by atoms with van der Waals surface area (Å²) in [5.41, 5.74) is 0.706. The van der Waals surface area contributed by atoms with Crippen LogP contribution in [0.15, 0.2) is 0 Å². The summed E-state index contributed by atoms with van der Waals surface area (Å²) >= 11 is 0. The van der Waals surface area contributed by atoms with Gasteiger partial charge < -0.3 is 14.7 Å². The number of aliphatic hydroxyl groups is 1. The molecule has 3 aliphatic rings. The maximum atomic E-state index is 10.3. The van der Waals surface area contributed by atoms with E-state index in [-0.39, 0.29) is 6.10 Å². The quantitative estimate of drug-likeness (QED) is 0.846. The van der Waals surface area contributed by atoms with Crippen molar-refractivity contribution in [2.24, 2.45) is 16.7 Å². The lowest BCUT2D eigenvalue weighted by Gasteiger charge is -2.39. The second-order valence-electron chi connectivity index (χ2n) is 8.45. The topological polar surface area (TPSA) is 32.7 Å². The van der Waals surface area contributed by atoms with Crippen LogP contribution in [0.5, 0.6) is 0 Å². The molecule has 1 aliphatic heterocycles. The number of piperidine rings is 1. The Kier molecular flexibility index (Phi) is 4.37. The summed E-state index contributed by atoms with van der Waals surface area (Å²) in [4.78, 5) is 2.39. The van der Waals surface area contributed by atoms with Gasteiger partial charge in [0.25, 0.3) is 0 Å². The Morgan fingerprint density at radius 3 is 2.48 bits per heavy atom. The molecule has 1 saturated heterocycles. The molecule has 2 saturated carbocycles. The largest absolute Gasteiger partial charge is 0.389 e. The minimum atomic E-state index is -0.325. The van der Waals surface area contributed by atoms with Crippen LogP contribution in [0.25, 0.3) is 0 Å². The van der Waals surface area contributed by atoms with Gasteiger partial charge in [-0.2, -0.15) is 0 Å². The van der Waals surface area contributed by atoms with Crippen LogP contribution in [0.2, 0.25) is 0 Å². The van der Waals surface area contributed by atoms with Crippen molar-refractivity contribution in [3.05, 3.63) is 0 Å². The zero-order valence-electron chi connectivity index (χ0n) is 14.1. The predicted octanol–water partition coefficient (Wildman–Crippen LogP) is 3.06. The number of nitrogens with zero attached hydrogens (tertiary/aromatic N) is 1. The number of aliphatic hydroxyl groups excluding tert-OH is 1. The van der Waals surface area contributed by atoms with Crippen molar-refractivity contribution < 1.29 is 9.84 Å². The molecular weight excluding hydrogens is 262 g/mol. The molecule has 0 aromatic rings. The van der Waals surface area contributed by atoms with Gasteiger partial charge in [-0.25, -0.2) is 0 Å². The molecular formula is C18H33NO2. The highest BCUT2D eigenvalue weighted by molar-refractivity contribution is 5.11. The molecule has 3 heteroatoms. The highest BCUT2D eigenvalue weighted by atomic mass is 16.5. The lowest BCUT2D eigenvalue weighted by molar-refractivity contribution is -0.0798. The molecule has 1 N–H and O–H groups in total. The van der Waals surface area contributed by atoms with Crippen LogP contribution < -0.4 is 0 Å². The average Bonchev–Trinajstić information content (AvgIpc) is 2.79. The van der Waals surface area contributed by atoms with E-state index >= 15 is 0 Å². The van der Waals surface area contributed by atoms with Crippen molar-refractivity contribution in [2.75, 3.05) is 26.2 Å². The number of fused-ring (bicyclic) bond motifs is 2. The number of hydrogen-bond acceptors (Lipinski definition) is 3. The third-order valence-electron chi connectivity index (χ3n) is 7.12. The van der Waals surface area contributed by atoms with E-state index in [0.29, 0.717) is 23.5 Å². The van der Waals surface area contributed by atoms with Gasteiger partial charge >= 0.3 is 0 Å². The predicted molar refractivity (Wildman–Crippen MR) is 85.3 cm³/mol. The highest BCUT2D eigenvalue weighted by Crippen LogP contribution is 2.66. The van der Waals surface area contributed by atoms with E-state index < -0.39 is 0 Å². The molecule has 3 nitrogen and oxygen atoms in total. The van der Waals surface area contributed by atoms with Crippen molar-refractivity contribution in [3.63, 3.8) is 0 Å². The van der Waals surface area contributed by atoms with Gasteiger partial charge in [0.2, 0.25) is 0 Å². The van der Waals surface area contributed by atoms with Gasteiger partial charge in [-0.05, 0) is 61.9 Å². The Morgan fingerprint density at radius 2 is 1.90 bits per heavy atom. The molecule has 3 fully saturated rings.